The van der Waals surface area contributed by atoms with Crippen LogP contribution in [0.4, 0.5) is 4.39 Å². The second kappa shape index (κ2) is 8.74. The molecule has 2 saturated heterocycles. The molecule has 1 aromatic rings. The van der Waals surface area contributed by atoms with Gasteiger partial charge < -0.3 is 14.4 Å². The quantitative estimate of drug-likeness (QED) is 0.789. The van der Waals surface area contributed by atoms with Gasteiger partial charge in [0.2, 0.25) is 5.91 Å². The minimum absolute atomic E-state index is 0.0574. The maximum Gasteiger partial charge on any atom is 0.237 e. The molecule has 2 heterocycles. The first-order valence-corrected chi connectivity index (χ1v) is 9.13. The van der Waals surface area contributed by atoms with Gasteiger partial charge in [0.05, 0.1) is 19.8 Å². The molecular weight excluding hydrogens is 323 g/mol. The third-order valence-corrected chi connectivity index (χ3v) is 5.02. The van der Waals surface area contributed by atoms with E-state index < -0.39 is 0 Å². The van der Waals surface area contributed by atoms with E-state index in [1.807, 2.05) is 13.0 Å². The maximum atomic E-state index is 13.3. The van der Waals surface area contributed by atoms with Gasteiger partial charge in [-0.2, -0.15) is 0 Å². The Labute approximate surface area is 148 Å². The van der Waals surface area contributed by atoms with Crippen molar-refractivity contribution < 1.29 is 18.7 Å². The minimum atomic E-state index is -0.264. The number of nitrogens with zero attached hydrogens (tertiary/aromatic N) is 2. The number of amides is 1. The number of likely N-dealkylation sites (N-methyl/N-ethyl adjacent to an activating group) is 1. The van der Waals surface area contributed by atoms with Gasteiger partial charge in [-0.3, -0.25) is 9.69 Å². The molecular formula is C19H27FN2O3. The fourth-order valence-corrected chi connectivity index (χ4v) is 3.56. The fourth-order valence-electron chi connectivity index (χ4n) is 3.56. The first-order valence-electron chi connectivity index (χ1n) is 9.13. The van der Waals surface area contributed by atoms with Gasteiger partial charge >= 0.3 is 0 Å². The second-order valence-corrected chi connectivity index (χ2v) is 6.76. The average Bonchev–Trinajstić information content (AvgIpc) is 3.15. The molecule has 0 unspecified atom stereocenters. The smallest absolute Gasteiger partial charge is 0.237 e. The van der Waals surface area contributed by atoms with Crippen molar-refractivity contribution >= 4 is 5.91 Å². The van der Waals surface area contributed by atoms with E-state index >= 15 is 0 Å². The van der Waals surface area contributed by atoms with Gasteiger partial charge in [0.25, 0.3) is 0 Å². The van der Waals surface area contributed by atoms with Crippen molar-refractivity contribution in [2.75, 3.05) is 39.4 Å². The summed E-state index contributed by atoms with van der Waals surface area (Å²) in [7, 11) is 0. The van der Waals surface area contributed by atoms with Gasteiger partial charge in [-0.15, -0.1) is 0 Å². The van der Waals surface area contributed by atoms with Crippen molar-refractivity contribution in [2.24, 2.45) is 5.92 Å². The summed E-state index contributed by atoms with van der Waals surface area (Å²) in [4.78, 5) is 16.6. The second-order valence-electron chi connectivity index (χ2n) is 6.76. The number of carbonyl (C=O) groups is 1. The molecule has 2 aliphatic heterocycles. The summed E-state index contributed by atoms with van der Waals surface area (Å²) in [6, 6.07) is 6.44. The largest absolute Gasteiger partial charge is 0.350 e. The molecule has 0 bridgehead atoms. The molecule has 5 nitrogen and oxygen atoms in total. The summed E-state index contributed by atoms with van der Waals surface area (Å²) >= 11 is 0. The van der Waals surface area contributed by atoms with Gasteiger partial charge in [-0.25, -0.2) is 4.39 Å². The van der Waals surface area contributed by atoms with Crippen LogP contribution in [0.3, 0.4) is 0 Å². The van der Waals surface area contributed by atoms with Crippen molar-refractivity contribution in [1.82, 2.24) is 9.80 Å². The van der Waals surface area contributed by atoms with E-state index in [9.17, 15) is 9.18 Å². The van der Waals surface area contributed by atoms with E-state index in [0.29, 0.717) is 38.8 Å². The van der Waals surface area contributed by atoms with Gasteiger partial charge in [0.1, 0.15) is 5.82 Å². The molecule has 0 aliphatic carbocycles. The minimum Gasteiger partial charge on any atom is -0.350 e. The van der Waals surface area contributed by atoms with Gasteiger partial charge in [-0.05, 0) is 50.6 Å². The number of hydrogen-bond acceptors (Lipinski definition) is 4. The third-order valence-electron chi connectivity index (χ3n) is 5.02. The van der Waals surface area contributed by atoms with Crippen molar-refractivity contribution in [2.45, 2.75) is 32.6 Å². The van der Waals surface area contributed by atoms with Crippen molar-refractivity contribution in [3.8, 4) is 0 Å². The molecule has 1 aromatic carbocycles. The molecule has 25 heavy (non-hydrogen) atoms. The monoisotopic (exact) mass is 350 g/mol. The molecule has 0 atom stereocenters. The SMILES string of the molecule is CCN(Cc1cccc(F)c1)C(=O)CN1CCC(C2OCCO2)CC1. The van der Waals surface area contributed by atoms with Gasteiger partial charge in [0, 0.05) is 19.0 Å². The van der Waals surface area contributed by atoms with Crippen LogP contribution < -0.4 is 0 Å². The predicted octanol–water partition coefficient (Wildman–Crippen LogP) is 2.26. The molecule has 138 valence electrons. The number of hydrogen-bond donors (Lipinski definition) is 0. The van der Waals surface area contributed by atoms with Gasteiger partial charge in [-0.1, -0.05) is 12.1 Å². The summed E-state index contributed by atoms with van der Waals surface area (Å²) in [5, 5.41) is 0. The maximum absolute atomic E-state index is 13.3. The molecule has 0 N–H and O–H groups in total. The highest BCUT2D eigenvalue weighted by molar-refractivity contribution is 5.78. The molecule has 6 heteroatoms. The predicted molar refractivity (Wildman–Crippen MR) is 92.3 cm³/mol. The molecule has 0 aromatic heterocycles. The highest BCUT2D eigenvalue weighted by Crippen LogP contribution is 2.25. The van der Waals surface area contributed by atoms with E-state index in [4.69, 9.17) is 9.47 Å². The molecule has 0 spiro atoms. The number of ether oxygens (including phenoxy) is 2. The summed E-state index contributed by atoms with van der Waals surface area (Å²) in [6.45, 7) is 6.60. The lowest BCUT2D eigenvalue weighted by Gasteiger charge is -2.34. The number of halogens is 1. The van der Waals surface area contributed by atoms with Crippen LogP contribution in [0.1, 0.15) is 25.3 Å². The highest BCUT2D eigenvalue weighted by Gasteiger charge is 2.31. The summed E-state index contributed by atoms with van der Waals surface area (Å²) in [6.07, 6.45) is 1.93. The van der Waals surface area contributed by atoms with E-state index in [-0.39, 0.29) is 18.0 Å². The normalized spacial score (nSPS) is 20.1. The Bertz CT molecular complexity index is 570. The number of likely N-dealkylation sites (tertiary alicyclic amines) is 1. The molecule has 1 amide bonds. The topological polar surface area (TPSA) is 42.0 Å². The summed E-state index contributed by atoms with van der Waals surface area (Å²) in [5.41, 5.74) is 0.824. The Hall–Kier alpha value is -1.50. The zero-order valence-electron chi connectivity index (χ0n) is 14.8. The molecule has 3 rings (SSSR count). The highest BCUT2D eigenvalue weighted by atomic mass is 19.1. The standard InChI is InChI=1S/C19H27FN2O3/c1-2-22(13-15-4-3-5-17(20)12-15)18(23)14-21-8-6-16(7-9-21)19-24-10-11-25-19/h3-5,12,16,19H,2,6-11,13-14H2,1H3. The molecule has 0 radical (unpaired) electrons. The van der Waals surface area contributed by atoms with Crippen LogP contribution >= 0.6 is 0 Å². The van der Waals surface area contributed by atoms with E-state index in [1.165, 1.54) is 12.1 Å². The van der Waals surface area contributed by atoms with Gasteiger partial charge in [0.15, 0.2) is 6.29 Å². The zero-order chi connectivity index (χ0) is 17.6. The average molecular weight is 350 g/mol. The van der Waals surface area contributed by atoms with Crippen LogP contribution in [-0.4, -0.2) is 61.4 Å². The lowest BCUT2D eigenvalue weighted by molar-refractivity contribution is -0.134. The van der Waals surface area contributed by atoms with Crippen LogP contribution in [0.15, 0.2) is 24.3 Å². The Morgan fingerprint density at radius 2 is 2.00 bits per heavy atom. The van der Waals surface area contributed by atoms with Crippen molar-refractivity contribution in [3.63, 3.8) is 0 Å². The Morgan fingerprint density at radius 3 is 2.64 bits per heavy atom. The summed E-state index contributed by atoms with van der Waals surface area (Å²) < 4.78 is 24.5. The van der Waals surface area contributed by atoms with Crippen LogP contribution in [0.5, 0.6) is 0 Å². The van der Waals surface area contributed by atoms with Crippen LogP contribution in [0, 0.1) is 11.7 Å². The number of piperidine rings is 1. The first kappa shape index (κ1) is 18.3. The lowest BCUT2D eigenvalue weighted by Crippen LogP contribution is -2.44. The number of rotatable bonds is 6. The number of benzene rings is 1. The van der Waals surface area contributed by atoms with Crippen LogP contribution in [-0.2, 0) is 20.8 Å². The Kier molecular flexibility index (Phi) is 6.39. The van der Waals surface area contributed by atoms with Crippen molar-refractivity contribution in [1.29, 1.82) is 0 Å². The Balaban J connectivity index is 1.47. The zero-order valence-corrected chi connectivity index (χ0v) is 14.8. The molecule has 2 fully saturated rings. The van der Waals surface area contributed by atoms with E-state index in [1.54, 1.807) is 11.0 Å². The lowest BCUT2D eigenvalue weighted by atomic mass is 9.96. The molecule has 0 saturated carbocycles. The first-order chi connectivity index (χ1) is 12.2. The van der Waals surface area contributed by atoms with Crippen LogP contribution in [0.2, 0.25) is 0 Å². The Morgan fingerprint density at radius 1 is 1.28 bits per heavy atom. The fraction of sp³-hybridized carbons (Fsp3) is 0.632. The van der Waals surface area contributed by atoms with Crippen molar-refractivity contribution in [3.05, 3.63) is 35.6 Å². The third kappa shape index (κ3) is 5.00. The number of carbonyl (C=O) groups excluding carboxylic acids is 1. The van der Waals surface area contributed by atoms with E-state index in [0.717, 1.165) is 31.5 Å². The van der Waals surface area contributed by atoms with E-state index in [2.05, 4.69) is 4.90 Å². The molecule has 2 aliphatic rings. The van der Waals surface area contributed by atoms with Crippen LogP contribution in [0.25, 0.3) is 0 Å². The summed E-state index contributed by atoms with van der Waals surface area (Å²) in [5.74, 6) is 0.265.